The SMILES string of the molecule is CC(C(=O)N1C[C@H]2CC=CC[C@H]2C1)n1cnc2ccccc21. The third-order valence-electron chi connectivity index (χ3n) is 5.19. The monoisotopic (exact) mass is 295 g/mol. The van der Waals surface area contributed by atoms with Crippen LogP contribution in [0.4, 0.5) is 0 Å². The van der Waals surface area contributed by atoms with Crippen molar-refractivity contribution in [3.63, 3.8) is 0 Å². The second kappa shape index (κ2) is 5.27. The number of allylic oxidation sites excluding steroid dienone is 2. The topological polar surface area (TPSA) is 38.1 Å². The summed E-state index contributed by atoms with van der Waals surface area (Å²) in [6, 6.07) is 7.79. The number of likely N-dealkylation sites (tertiary alicyclic amines) is 1. The summed E-state index contributed by atoms with van der Waals surface area (Å²) in [5.41, 5.74) is 1.98. The van der Waals surface area contributed by atoms with Crippen LogP contribution in [-0.4, -0.2) is 33.4 Å². The predicted octanol–water partition coefficient (Wildman–Crippen LogP) is 3.02. The number of carbonyl (C=O) groups excluding carboxylic acids is 1. The molecule has 0 bridgehead atoms. The number of nitrogens with zero attached hydrogens (tertiary/aromatic N) is 3. The summed E-state index contributed by atoms with van der Waals surface area (Å²) in [5, 5.41) is 0. The van der Waals surface area contributed by atoms with Gasteiger partial charge in [0.1, 0.15) is 6.04 Å². The van der Waals surface area contributed by atoms with Crippen LogP contribution in [-0.2, 0) is 4.79 Å². The summed E-state index contributed by atoms with van der Waals surface area (Å²) in [6.07, 6.45) is 8.56. The molecule has 114 valence electrons. The Morgan fingerprint density at radius 2 is 1.86 bits per heavy atom. The summed E-state index contributed by atoms with van der Waals surface area (Å²) >= 11 is 0. The van der Waals surface area contributed by atoms with Crippen LogP contribution in [0, 0.1) is 11.8 Å². The van der Waals surface area contributed by atoms with Gasteiger partial charge < -0.3 is 9.47 Å². The molecule has 0 radical (unpaired) electrons. The van der Waals surface area contributed by atoms with Gasteiger partial charge in [-0.2, -0.15) is 0 Å². The van der Waals surface area contributed by atoms with E-state index in [4.69, 9.17) is 0 Å². The Kier molecular flexibility index (Phi) is 3.25. The van der Waals surface area contributed by atoms with E-state index in [9.17, 15) is 4.79 Å². The number of carbonyl (C=O) groups is 1. The molecule has 2 aromatic rings. The molecule has 0 saturated carbocycles. The van der Waals surface area contributed by atoms with Gasteiger partial charge in [-0.15, -0.1) is 0 Å². The molecule has 1 unspecified atom stereocenters. The molecule has 1 aromatic heterocycles. The Morgan fingerprint density at radius 3 is 2.59 bits per heavy atom. The van der Waals surface area contributed by atoms with Crippen LogP contribution in [0.1, 0.15) is 25.8 Å². The average molecular weight is 295 g/mol. The van der Waals surface area contributed by atoms with Crippen molar-refractivity contribution in [1.82, 2.24) is 14.5 Å². The van der Waals surface area contributed by atoms with Crippen molar-refractivity contribution in [2.24, 2.45) is 11.8 Å². The lowest BCUT2D eigenvalue weighted by molar-refractivity contribution is -0.133. The number of benzene rings is 1. The van der Waals surface area contributed by atoms with E-state index in [0.29, 0.717) is 11.8 Å². The molecule has 1 aromatic carbocycles. The highest BCUT2D eigenvalue weighted by molar-refractivity contribution is 5.83. The van der Waals surface area contributed by atoms with Crippen LogP contribution in [0.25, 0.3) is 11.0 Å². The molecular weight excluding hydrogens is 274 g/mol. The Hall–Kier alpha value is -2.10. The number of rotatable bonds is 2. The highest BCUT2D eigenvalue weighted by atomic mass is 16.2. The van der Waals surface area contributed by atoms with E-state index in [2.05, 4.69) is 22.0 Å². The second-order valence-electron chi connectivity index (χ2n) is 6.52. The number of aromatic nitrogens is 2. The molecule has 1 fully saturated rings. The number of imidazole rings is 1. The first-order chi connectivity index (χ1) is 10.7. The fourth-order valence-electron chi connectivity index (χ4n) is 3.86. The van der Waals surface area contributed by atoms with Crippen LogP contribution in [0.2, 0.25) is 0 Å². The van der Waals surface area contributed by atoms with Gasteiger partial charge >= 0.3 is 0 Å². The zero-order valence-electron chi connectivity index (χ0n) is 12.9. The predicted molar refractivity (Wildman–Crippen MR) is 86.4 cm³/mol. The summed E-state index contributed by atoms with van der Waals surface area (Å²) < 4.78 is 2.00. The largest absolute Gasteiger partial charge is 0.340 e. The molecule has 1 saturated heterocycles. The third-order valence-corrected chi connectivity index (χ3v) is 5.19. The summed E-state index contributed by atoms with van der Waals surface area (Å²) in [6.45, 7) is 3.80. The van der Waals surface area contributed by atoms with Gasteiger partial charge in [-0.25, -0.2) is 4.98 Å². The molecule has 1 amide bonds. The number of hydrogen-bond donors (Lipinski definition) is 0. The summed E-state index contributed by atoms with van der Waals surface area (Å²) in [5.74, 6) is 1.53. The van der Waals surface area contributed by atoms with Crippen molar-refractivity contribution in [3.8, 4) is 0 Å². The minimum absolute atomic E-state index is 0.194. The third kappa shape index (κ3) is 2.14. The van der Waals surface area contributed by atoms with Crippen molar-refractivity contribution in [1.29, 1.82) is 0 Å². The first-order valence-corrected chi connectivity index (χ1v) is 8.09. The molecule has 0 spiro atoms. The van der Waals surface area contributed by atoms with Gasteiger partial charge in [-0.1, -0.05) is 24.3 Å². The average Bonchev–Trinajstić information content (AvgIpc) is 3.17. The van der Waals surface area contributed by atoms with Crippen LogP contribution < -0.4 is 0 Å². The van der Waals surface area contributed by atoms with Crippen LogP contribution >= 0.6 is 0 Å². The van der Waals surface area contributed by atoms with Crippen molar-refractivity contribution in [2.45, 2.75) is 25.8 Å². The molecule has 2 aliphatic rings. The minimum Gasteiger partial charge on any atom is -0.340 e. The molecule has 4 heteroatoms. The van der Waals surface area contributed by atoms with Gasteiger partial charge in [-0.05, 0) is 43.7 Å². The van der Waals surface area contributed by atoms with Crippen LogP contribution in [0.3, 0.4) is 0 Å². The van der Waals surface area contributed by atoms with Gasteiger partial charge in [0.15, 0.2) is 0 Å². The first-order valence-electron chi connectivity index (χ1n) is 8.09. The van der Waals surface area contributed by atoms with E-state index in [1.807, 2.05) is 35.8 Å². The Balaban J connectivity index is 1.55. The molecule has 4 nitrogen and oxygen atoms in total. The molecule has 1 aliphatic heterocycles. The van der Waals surface area contributed by atoms with Gasteiger partial charge in [0.25, 0.3) is 0 Å². The maximum atomic E-state index is 12.9. The van der Waals surface area contributed by atoms with Crippen LogP contribution in [0.15, 0.2) is 42.7 Å². The van der Waals surface area contributed by atoms with E-state index < -0.39 is 0 Å². The molecule has 22 heavy (non-hydrogen) atoms. The lowest BCUT2D eigenvalue weighted by atomic mass is 9.86. The van der Waals surface area contributed by atoms with Crippen molar-refractivity contribution in [2.75, 3.05) is 13.1 Å². The normalized spacial score (nSPS) is 25.4. The molecule has 3 atom stereocenters. The number of hydrogen-bond acceptors (Lipinski definition) is 2. The fourth-order valence-corrected chi connectivity index (χ4v) is 3.86. The zero-order valence-corrected chi connectivity index (χ0v) is 12.9. The molecular formula is C18H21N3O. The van der Waals surface area contributed by atoms with Gasteiger partial charge in [0.2, 0.25) is 5.91 Å². The first kappa shape index (κ1) is 13.6. The molecule has 4 rings (SSSR count). The molecule has 0 N–H and O–H groups in total. The Labute approximate surface area is 130 Å². The number of amides is 1. The lowest BCUT2D eigenvalue weighted by Crippen LogP contribution is -2.34. The van der Waals surface area contributed by atoms with Crippen LogP contribution in [0.5, 0.6) is 0 Å². The fraction of sp³-hybridized carbons (Fsp3) is 0.444. The number of fused-ring (bicyclic) bond motifs is 2. The zero-order chi connectivity index (χ0) is 15.1. The van der Waals surface area contributed by atoms with Crippen molar-refractivity contribution >= 4 is 16.9 Å². The van der Waals surface area contributed by atoms with Crippen molar-refractivity contribution < 1.29 is 4.79 Å². The smallest absolute Gasteiger partial charge is 0.245 e. The van der Waals surface area contributed by atoms with E-state index in [-0.39, 0.29) is 11.9 Å². The maximum Gasteiger partial charge on any atom is 0.245 e. The highest BCUT2D eigenvalue weighted by Crippen LogP contribution is 2.34. The lowest BCUT2D eigenvalue weighted by Gasteiger charge is -2.22. The standard InChI is InChI=1S/C18H21N3O/c1-13(21-12-19-16-8-4-5-9-17(16)21)18(22)20-10-14-6-2-3-7-15(14)11-20/h2-5,8-9,12-15H,6-7,10-11H2,1H3/t13?,14-,15+. The Morgan fingerprint density at radius 1 is 1.18 bits per heavy atom. The van der Waals surface area contributed by atoms with E-state index in [1.54, 1.807) is 6.33 Å². The van der Waals surface area contributed by atoms with Crippen molar-refractivity contribution in [3.05, 3.63) is 42.7 Å². The minimum atomic E-state index is -0.194. The van der Waals surface area contributed by atoms with E-state index in [0.717, 1.165) is 37.0 Å². The van der Waals surface area contributed by atoms with Gasteiger partial charge in [-0.3, -0.25) is 4.79 Å². The Bertz CT molecular complexity index is 717. The number of para-hydroxylation sites is 2. The van der Waals surface area contributed by atoms with Gasteiger partial charge in [0, 0.05) is 13.1 Å². The maximum absolute atomic E-state index is 12.9. The second-order valence-corrected chi connectivity index (χ2v) is 6.52. The van der Waals surface area contributed by atoms with Gasteiger partial charge in [0.05, 0.1) is 17.4 Å². The summed E-state index contributed by atoms with van der Waals surface area (Å²) in [4.78, 5) is 19.3. The van der Waals surface area contributed by atoms with E-state index >= 15 is 0 Å². The molecule has 2 heterocycles. The molecule has 1 aliphatic carbocycles. The highest BCUT2D eigenvalue weighted by Gasteiger charge is 2.36. The van der Waals surface area contributed by atoms with E-state index in [1.165, 1.54) is 0 Å². The quantitative estimate of drug-likeness (QED) is 0.799. The summed E-state index contributed by atoms with van der Waals surface area (Å²) in [7, 11) is 0.